The van der Waals surface area contributed by atoms with E-state index >= 15 is 0 Å². The molecule has 0 atom stereocenters. The molecule has 2 aromatic carbocycles. The van der Waals surface area contributed by atoms with E-state index in [1.54, 1.807) is 36.8 Å². The first kappa shape index (κ1) is 18.8. The molecule has 6 nitrogen and oxygen atoms in total. The van der Waals surface area contributed by atoms with Gasteiger partial charge in [-0.25, -0.2) is 0 Å². The molecule has 1 aliphatic heterocycles. The van der Waals surface area contributed by atoms with Gasteiger partial charge in [-0.15, -0.1) is 11.8 Å². The fourth-order valence-electron chi connectivity index (χ4n) is 2.52. The summed E-state index contributed by atoms with van der Waals surface area (Å²) in [6.07, 6.45) is 0. The third kappa shape index (κ3) is 5.04. The monoisotopic (exact) mass is 384 g/mol. The fraction of sp³-hybridized carbons (Fsp3) is 0.200. The second-order valence-corrected chi connectivity index (χ2v) is 6.71. The Balaban J connectivity index is 1.68. The molecule has 2 N–H and O–H groups in total. The number of hydrogen-bond donors (Lipinski definition) is 2. The number of rotatable bonds is 6. The van der Waals surface area contributed by atoms with E-state index in [1.165, 1.54) is 11.8 Å². The summed E-state index contributed by atoms with van der Waals surface area (Å²) in [7, 11) is 1.60. The maximum absolute atomic E-state index is 12.6. The van der Waals surface area contributed by atoms with Crippen molar-refractivity contribution in [1.82, 2.24) is 5.32 Å². The van der Waals surface area contributed by atoms with E-state index in [0.29, 0.717) is 24.4 Å². The molecule has 27 heavy (non-hydrogen) atoms. The highest BCUT2D eigenvalue weighted by Gasteiger charge is 2.18. The summed E-state index contributed by atoms with van der Waals surface area (Å²) < 4.78 is 10.5. The molecular formula is C20H20N2O4S. The number of para-hydroxylation sites is 1. The van der Waals surface area contributed by atoms with Gasteiger partial charge in [-0.1, -0.05) is 24.3 Å². The molecule has 0 radical (unpaired) electrons. The van der Waals surface area contributed by atoms with Gasteiger partial charge in [-0.2, -0.15) is 0 Å². The van der Waals surface area contributed by atoms with E-state index in [-0.39, 0.29) is 17.6 Å². The number of nitrogens with one attached hydrogen (secondary N) is 2. The summed E-state index contributed by atoms with van der Waals surface area (Å²) in [5.74, 6) is 1.17. The minimum Gasteiger partial charge on any atom is -0.497 e. The molecule has 3 rings (SSSR count). The topological polar surface area (TPSA) is 76.7 Å². The van der Waals surface area contributed by atoms with Gasteiger partial charge in [0.15, 0.2) is 5.76 Å². The van der Waals surface area contributed by atoms with Crippen molar-refractivity contribution in [2.24, 2.45) is 0 Å². The van der Waals surface area contributed by atoms with E-state index in [2.05, 4.69) is 10.6 Å². The minimum absolute atomic E-state index is 0.262. The van der Waals surface area contributed by atoms with Gasteiger partial charge in [0, 0.05) is 17.7 Å². The first-order chi connectivity index (χ1) is 13.2. The van der Waals surface area contributed by atoms with Crippen LogP contribution in [0.3, 0.4) is 0 Å². The first-order valence-corrected chi connectivity index (χ1v) is 9.48. The van der Waals surface area contributed by atoms with E-state index in [9.17, 15) is 9.59 Å². The molecule has 0 aromatic heterocycles. The largest absolute Gasteiger partial charge is 0.497 e. The molecule has 0 aliphatic carbocycles. The second-order valence-electron chi connectivity index (χ2n) is 5.74. The van der Waals surface area contributed by atoms with Crippen LogP contribution in [0.5, 0.6) is 5.75 Å². The zero-order valence-corrected chi connectivity index (χ0v) is 15.7. The van der Waals surface area contributed by atoms with E-state index in [1.807, 2.05) is 24.3 Å². The van der Waals surface area contributed by atoms with Crippen LogP contribution in [0.15, 0.2) is 59.7 Å². The van der Waals surface area contributed by atoms with Gasteiger partial charge < -0.3 is 20.1 Å². The summed E-state index contributed by atoms with van der Waals surface area (Å²) in [4.78, 5) is 24.9. The van der Waals surface area contributed by atoms with Gasteiger partial charge in [0.05, 0.1) is 25.0 Å². The molecule has 0 bridgehead atoms. The number of benzene rings is 2. The summed E-state index contributed by atoms with van der Waals surface area (Å²) in [6, 6.07) is 14.3. The molecule has 1 heterocycles. The highest BCUT2D eigenvalue weighted by atomic mass is 32.2. The fourth-order valence-corrected chi connectivity index (χ4v) is 3.15. The van der Waals surface area contributed by atoms with Crippen molar-refractivity contribution in [1.29, 1.82) is 0 Å². The van der Waals surface area contributed by atoms with Crippen LogP contribution < -0.4 is 15.4 Å². The predicted molar refractivity (Wildman–Crippen MR) is 106 cm³/mol. The molecular weight excluding hydrogens is 364 g/mol. The van der Waals surface area contributed by atoms with Crippen molar-refractivity contribution in [3.05, 3.63) is 70.8 Å². The third-order valence-electron chi connectivity index (χ3n) is 3.88. The number of amides is 2. The molecule has 0 fully saturated rings. The molecule has 0 saturated heterocycles. The van der Waals surface area contributed by atoms with Crippen LogP contribution in [-0.4, -0.2) is 31.3 Å². The van der Waals surface area contributed by atoms with Crippen molar-refractivity contribution in [2.75, 3.05) is 24.8 Å². The normalized spacial score (nSPS) is 13.1. The quantitative estimate of drug-likeness (QED) is 0.800. The molecule has 1 aliphatic rings. The van der Waals surface area contributed by atoms with Crippen LogP contribution in [0.25, 0.3) is 0 Å². The second kappa shape index (κ2) is 9.14. The molecule has 7 heteroatoms. The van der Waals surface area contributed by atoms with Gasteiger partial charge in [-0.3, -0.25) is 9.59 Å². The predicted octanol–water partition coefficient (Wildman–Crippen LogP) is 3.17. The Bertz CT molecular complexity index is 867. The van der Waals surface area contributed by atoms with Crippen LogP contribution in [0.1, 0.15) is 15.9 Å². The lowest BCUT2D eigenvalue weighted by atomic mass is 10.1. The Kier molecular flexibility index (Phi) is 6.38. The highest BCUT2D eigenvalue weighted by Crippen LogP contribution is 2.20. The van der Waals surface area contributed by atoms with Crippen molar-refractivity contribution in [2.45, 2.75) is 6.54 Å². The van der Waals surface area contributed by atoms with Crippen molar-refractivity contribution >= 4 is 29.3 Å². The van der Waals surface area contributed by atoms with Crippen molar-refractivity contribution in [3.8, 4) is 5.75 Å². The van der Waals surface area contributed by atoms with E-state index in [0.717, 1.165) is 17.1 Å². The zero-order chi connectivity index (χ0) is 19.1. The summed E-state index contributed by atoms with van der Waals surface area (Å²) >= 11 is 1.52. The molecule has 140 valence electrons. The molecule has 2 amide bonds. The number of thioether (sulfide) groups is 1. The average Bonchev–Trinajstić information content (AvgIpc) is 2.73. The van der Waals surface area contributed by atoms with Gasteiger partial charge in [0.2, 0.25) is 0 Å². The Morgan fingerprint density at radius 1 is 1.15 bits per heavy atom. The lowest BCUT2D eigenvalue weighted by Gasteiger charge is -2.15. The van der Waals surface area contributed by atoms with Gasteiger partial charge in [-0.05, 0) is 29.8 Å². The molecule has 0 saturated carbocycles. The number of ether oxygens (including phenoxy) is 2. The maximum atomic E-state index is 12.6. The first-order valence-electron chi connectivity index (χ1n) is 8.43. The Morgan fingerprint density at radius 2 is 2.00 bits per heavy atom. The van der Waals surface area contributed by atoms with Crippen LogP contribution in [0.2, 0.25) is 0 Å². The number of carbonyl (C=O) groups excluding carboxylic acids is 2. The highest BCUT2D eigenvalue weighted by molar-refractivity contribution is 8.02. The van der Waals surface area contributed by atoms with Crippen LogP contribution >= 0.6 is 11.8 Å². The standard InChI is InChI=1S/C20H20N2O4S/c1-25-15-6-4-5-14(11-15)12-21-19(23)16-7-2-3-8-17(16)22-20(24)18-13-27-10-9-26-18/h2-8,11,13H,9-10,12H2,1H3,(H,21,23)(H,22,24). The van der Waals surface area contributed by atoms with Gasteiger partial charge in [0.1, 0.15) is 5.75 Å². The average molecular weight is 384 g/mol. The van der Waals surface area contributed by atoms with Gasteiger partial charge >= 0.3 is 0 Å². The van der Waals surface area contributed by atoms with E-state index in [4.69, 9.17) is 9.47 Å². The summed E-state index contributed by atoms with van der Waals surface area (Å²) in [5, 5.41) is 7.30. The van der Waals surface area contributed by atoms with Crippen LogP contribution in [-0.2, 0) is 16.1 Å². The number of methoxy groups -OCH3 is 1. The van der Waals surface area contributed by atoms with E-state index < -0.39 is 0 Å². The lowest BCUT2D eigenvalue weighted by molar-refractivity contribution is -0.116. The third-order valence-corrected chi connectivity index (χ3v) is 4.66. The smallest absolute Gasteiger partial charge is 0.291 e. The molecule has 2 aromatic rings. The Labute approximate surface area is 161 Å². The Hall–Kier alpha value is -2.93. The van der Waals surface area contributed by atoms with Crippen molar-refractivity contribution in [3.63, 3.8) is 0 Å². The lowest BCUT2D eigenvalue weighted by Crippen LogP contribution is -2.25. The maximum Gasteiger partial charge on any atom is 0.291 e. The number of hydrogen-bond acceptors (Lipinski definition) is 5. The number of carbonyl (C=O) groups is 2. The minimum atomic E-state index is -0.366. The molecule has 0 spiro atoms. The van der Waals surface area contributed by atoms with Gasteiger partial charge in [0.25, 0.3) is 11.8 Å². The van der Waals surface area contributed by atoms with Crippen LogP contribution in [0.4, 0.5) is 5.69 Å². The van der Waals surface area contributed by atoms with Crippen molar-refractivity contribution < 1.29 is 19.1 Å². The SMILES string of the molecule is COc1cccc(CNC(=O)c2ccccc2NC(=O)C2=CSCCO2)c1. The number of anilines is 1. The Morgan fingerprint density at radius 3 is 2.78 bits per heavy atom. The summed E-state index contributed by atoms with van der Waals surface area (Å²) in [5.41, 5.74) is 1.74. The zero-order valence-electron chi connectivity index (χ0n) is 14.9. The summed E-state index contributed by atoms with van der Waals surface area (Å²) in [6.45, 7) is 0.843. The molecule has 0 unspecified atom stereocenters. The van der Waals surface area contributed by atoms with Crippen LogP contribution in [0, 0.1) is 0 Å².